The van der Waals surface area contributed by atoms with Gasteiger partial charge in [0.2, 0.25) is 0 Å². The van der Waals surface area contributed by atoms with E-state index in [4.69, 9.17) is 9.47 Å². The first kappa shape index (κ1) is 27.0. The molecule has 3 aromatic rings. The Morgan fingerprint density at radius 1 is 1.00 bits per heavy atom. The van der Waals surface area contributed by atoms with Gasteiger partial charge < -0.3 is 9.47 Å². The summed E-state index contributed by atoms with van der Waals surface area (Å²) in [6.07, 6.45) is 10.7. The first-order chi connectivity index (χ1) is 17.5. The number of hydrogen-bond donors (Lipinski definition) is 0. The topological polar surface area (TPSA) is 109 Å². The summed E-state index contributed by atoms with van der Waals surface area (Å²) in [4.78, 5) is 27.8. The molecular formula is C27H35N5O4. The molecule has 0 aliphatic heterocycles. The van der Waals surface area contributed by atoms with Crippen LogP contribution in [0, 0.1) is 0 Å². The van der Waals surface area contributed by atoms with Gasteiger partial charge in [-0.1, -0.05) is 19.4 Å². The van der Waals surface area contributed by atoms with Gasteiger partial charge in [-0.3, -0.25) is 14.6 Å². The van der Waals surface area contributed by atoms with Gasteiger partial charge in [0.25, 0.3) is 0 Å². The van der Waals surface area contributed by atoms with E-state index in [1.54, 1.807) is 18.3 Å². The Labute approximate surface area is 212 Å². The first-order valence-corrected chi connectivity index (χ1v) is 12.6. The average Bonchev–Trinajstić information content (AvgIpc) is 3.30. The van der Waals surface area contributed by atoms with Crippen molar-refractivity contribution in [2.75, 3.05) is 6.61 Å². The molecule has 0 aliphatic carbocycles. The van der Waals surface area contributed by atoms with Crippen LogP contribution in [0.25, 0.3) is 0 Å². The van der Waals surface area contributed by atoms with E-state index in [0.717, 1.165) is 62.9 Å². The quantitative estimate of drug-likeness (QED) is 0.131. The zero-order valence-corrected chi connectivity index (χ0v) is 21.4. The van der Waals surface area contributed by atoms with E-state index in [1.165, 1.54) is 19.4 Å². The molecule has 0 fully saturated rings. The minimum Gasteiger partial charge on any atom is -0.493 e. The number of benzene rings is 1. The van der Waals surface area contributed by atoms with Gasteiger partial charge in [0.15, 0.2) is 11.6 Å². The highest BCUT2D eigenvalue weighted by Crippen LogP contribution is 2.34. The van der Waals surface area contributed by atoms with E-state index in [9.17, 15) is 9.59 Å². The van der Waals surface area contributed by atoms with Crippen molar-refractivity contribution in [1.82, 2.24) is 25.2 Å². The van der Waals surface area contributed by atoms with E-state index in [1.807, 2.05) is 23.9 Å². The fourth-order valence-electron chi connectivity index (χ4n) is 4.07. The highest BCUT2D eigenvalue weighted by atomic mass is 16.5. The van der Waals surface area contributed by atoms with Gasteiger partial charge in [0.05, 0.1) is 12.2 Å². The Kier molecular flexibility index (Phi) is 10.5. The second kappa shape index (κ2) is 14.1. The second-order valence-electron chi connectivity index (χ2n) is 8.76. The third-order valence-electron chi connectivity index (χ3n) is 5.81. The molecule has 0 saturated carbocycles. The number of rotatable bonds is 15. The fourth-order valence-corrected chi connectivity index (χ4v) is 4.07. The normalized spacial score (nSPS) is 10.9. The lowest BCUT2D eigenvalue weighted by Crippen LogP contribution is -2.11. The molecular weight excluding hydrogens is 458 g/mol. The predicted molar refractivity (Wildman–Crippen MR) is 135 cm³/mol. The molecule has 0 aliphatic rings. The summed E-state index contributed by atoms with van der Waals surface area (Å²) in [5.74, 6) is 1.29. The third-order valence-corrected chi connectivity index (χ3v) is 5.81. The van der Waals surface area contributed by atoms with Crippen molar-refractivity contribution in [1.29, 1.82) is 0 Å². The maximum absolute atomic E-state index is 12.0. The number of carbonyl (C=O) groups excluding carboxylic acids is 2. The standard InChI is InChI=1S/C27H35N5O4/c1-4-10-24-25(15-14-23(20(2)33)27(24)36-21(3)34)35-18-7-5-6-13-26-29-30-31-32(26)17-9-12-22-11-8-16-28-19-22/h8,11,14-16,19H,4-7,9-10,12-13,17-18H2,1-3H3. The van der Waals surface area contributed by atoms with Crippen LogP contribution in [0.1, 0.15) is 80.2 Å². The SMILES string of the molecule is CCCc1c(OCCCCCc2nnnn2CCCc2cccnc2)ccc(C(C)=O)c1OC(C)=O. The summed E-state index contributed by atoms with van der Waals surface area (Å²) in [6.45, 7) is 6.15. The maximum atomic E-state index is 12.0. The number of esters is 1. The first-order valence-electron chi connectivity index (χ1n) is 12.6. The Morgan fingerprint density at radius 3 is 2.58 bits per heavy atom. The largest absolute Gasteiger partial charge is 0.493 e. The third kappa shape index (κ3) is 7.96. The van der Waals surface area contributed by atoms with E-state index in [0.29, 0.717) is 30.1 Å². The summed E-state index contributed by atoms with van der Waals surface area (Å²) < 4.78 is 13.4. The van der Waals surface area contributed by atoms with Crippen molar-refractivity contribution >= 4 is 11.8 Å². The molecule has 0 radical (unpaired) electrons. The van der Waals surface area contributed by atoms with Crippen molar-refractivity contribution < 1.29 is 19.1 Å². The smallest absolute Gasteiger partial charge is 0.308 e. The minimum absolute atomic E-state index is 0.144. The molecule has 3 rings (SSSR count). The number of pyridine rings is 1. The Morgan fingerprint density at radius 2 is 1.86 bits per heavy atom. The highest BCUT2D eigenvalue weighted by molar-refractivity contribution is 5.98. The molecule has 2 aromatic heterocycles. The summed E-state index contributed by atoms with van der Waals surface area (Å²) in [5, 5.41) is 12.2. The van der Waals surface area contributed by atoms with Gasteiger partial charge in [-0.15, -0.1) is 5.10 Å². The van der Waals surface area contributed by atoms with Crippen LogP contribution in [0.4, 0.5) is 0 Å². The van der Waals surface area contributed by atoms with Gasteiger partial charge in [-0.25, -0.2) is 4.68 Å². The Balaban J connectivity index is 1.46. The molecule has 9 nitrogen and oxygen atoms in total. The number of nitrogens with zero attached hydrogens (tertiary/aromatic N) is 5. The number of tetrazole rings is 1. The molecule has 0 amide bonds. The number of aryl methyl sites for hydroxylation is 3. The molecule has 0 unspecified atom stereocenters. The highest BCUT2D eigenvalue weighted by Gasteiger charge is 2.19. The number of Topliss-reactive ketones (excluding diaryl/α,β-unsaturated/α-hetero) is 1. The number of ether oxygens (including phenoxy) is 2. The van der Waals surface area contributed by atoms with Gasteiger partial charge in [-0.05, 0) is 79.6 Å². The molecule has 0 N–H and O–H groups in total. The van der Waals surface area contributed by atoms with E-state index >= 15 is 0 Å². The van der Waals surface area contributed by atoms with Crippen LogP contribution >= 0.6 is 0 Å². The van der Waals surface area contributed by atoms with Gasteiger partial charge >= 0.3 is 5.97 Å². The lowest BCUT2D eigenvalue weighted by Gasteiger charge is -2.17. The summed E-state index contributed by atoms with van der Waals surface area (Å²) >= 11 is 0. The number of carbonyl (C=O) groups is 2. The van der Waals surface area contributed by atoms with Crippen LogP contribution in [0.2, 0.25) is 0 Å². The molecule has 2 heterocycles. The predicted octanol–water partition coefficient (Wildman–Crippen LogP) is 4.57. The van der Waals surface area contributed by atoms with Crippen molar-refractivity contribution in [3.05, 3.63) is 59.2 Å². The average molecular weight is 494 g/mol. The molecule has 0 atom stereocenters. The summed E-state index contributed by atoms with van der Waals surface area (Å²) in [6, 6.07) is 7.50. The van der Waals surface area contributed by atoms with E-state index < -0.39 is 5.97 Å². The Hall–Kier alpha value is -3.62. The number of hydrogen-bond acceptors (Lipinski definition) is 8. The van der Waals surface area contributed by atoms with Crippen LogP contribution in [0.5, 0.6) is 11.5 Å². The van der Waals surface area contributed by atoms with Crippen molar-refractivity contribution in [2.24, 2.45) is 0 Å². The van der Waals surface area contributed by atoms with Gasteiger partial charge in [0, 0.05) is 37.8 Å². The lowest BCUT2D eigenvalue weighted by atomic mass is 10.0. The van der Waals surface area contributed by atoms with Gasteiger partial charge in [-0.2, -0.15) is 0 Å². The maximum Gasteiger partial charge on any atom is 0.308 e. The molecule has 0 saturated heterocycles. The Bertz CT molecular complexity index is 1130. The number of ketones is 1. The van der Waals surface area contributed by atoms with Crippen LogP contribution < -0.4 is 9.47 Å². The molecule has 9 heteroatoms. The monoisotopic (exact) mass is 493 g/mol. The van der Waals surface area contributed by atoms with Crippen molar-refractivity contribution in [3.8, 4) is 11.5 Å². The zero-order valence-electron chi connectivity index (χ0n) is 21.4. The number of aromatic nitrogens is 5. The zero-order chi connectivity index (χ0) is 25.8. The fraction of sp³-hybridized carbons (Fsp3) is 0.481. The minimum atomic E-state index is -0.452. The molecule has 0 bridgehead atoms. The number of unbranched alkanes of at least 4 members (excludes halogenated alkanes) is 2. The van der Waals surface area contributed by atoms with Crippen molar-refractivity contribution in [2.45, 2.75) is 78.7 Å². The molecule has 36 heavy (non-hydrogen) atoms. The second-order valence-corrected chi connectivity index (χ2v) is 8.76. The summed E-state index contributed by atoms with van der Waals surface area (Å²) in [5.41, 5.74) is 2.38. The molecule has 1 aromatic carbocycles. The van der Waals surface area contributed by atoms with Crippen molar-refractivity contribution in [3.63, 3.8) is 0 Å². The van der Waals surface area contributed by atoms with Gasteiger partial charge in [0.1, 0.15) is 11.5 Å². The van der Waals surface area contributed by atoms with Crippen LogP contribution in [-0.2, 0) is 30.6 Å². The molecule has 192 valence electrons. The van der Waals surface area contributed by atoms with Crippen LogP contribution in [-0.4, -0.2) is 43.6 Å². The lowest BCUT2D eigenvalue weighted by molar-refractivity contribution is -0.131. The molecule has 0 spiro atoms. The summed E-state index contributed by atoms with van der Waals surface area (Å²) in [7, 11) is 0. The van der Waals surface area contributed by atoms with Crippen LogP contribution in [0.15, 0.2) is 36.7 Å². The van der Waals surface area contributed by atoms with E-state index in [-0.39, 0.29) is 5.78 Å². The van der Waals surface area contributed by atoms with Crippen LogP contribution in [0.3, 0.4) is 0 Å². The van der Waals surface area contributed by atoms with E-state index in [2.05, 4.69) is 26.6 Å².